The maximum Gasteiger partial charge on any atom is 0.254 e. The minimum atomic E-state index is -1.49. The lowest BCUT2D eigenvalue weighted by molar-refractivity contribution is 0.0392. The molecule has 2 bridgehead atoms. The highest BCUT2D eigenvalue weighted by Crippen LogP contribution is 2.45. The number of carbonyl (C=O) groups excluding carboxylic acids is 1. The first-order chi connectivity index (χ1) is 16.4. The molecule has 0 spiro atoms. The van der Waals surface area contributed by atoms with Crippen molar-refractivity contribution in [3.8, 4) is 11.3 Å². The van der Waals surface area contributed by atoms with Crippen molar-refractivity contribution in [3.05, 3.63) is 82.9 Å². The summed E-state index contributed by atoms with van der Waals surface area (Å²) < 4.78 is 43.1. The van der Waals surface area contributed by atoms with Crippen LogP contribution in [0.1, 0.15) is 46.9 Å². The van der Waals surface area contributed by atoms with E-state index < -0.39 is 17.5 Å². The lowest BCUT2D eigenvalue weighted by Gasteiger charge is -2.45. The van der Waals surface area contributed by atoms with Crippen LogP contribution in [0.15, 0.2) is 48.7 Å². The fourth-order valence-corrected chi connectivity index (χ4v) is 5.55. The van der Waals surface area contributed by atoms with Crippen LogP contribution in [0.3, 0.4) is 0 Å². The quantitative estimate of drug-likeness (QED) is 0.378. The van der Waals surface area contributed by atoms with Gasteiger partial charge in [0.05, 0.1) is 22.9 Å². The molecule has 1 fully saturated rings. The maximum absolute atomic E-state index is 14.0. The number of aromatic nitrogens is 3. The number of amides is 1. The third-order valence-electron chi connectivity index (χ3n) is 7.02. The van der Waals surface area contributed by atoms with Crippen LogP contribution in [0, 0.1) is 17.5 Å². The molecule has 0 aliphatic carbocycles. The SMILES string of the molecule is Cn1nc2c(c1-c1cc(F)c(F)c(F)c1)CC1CCCC2N1C(=O)c1ccc2cccnc2c1. The second-order valence-corrected chi connectivity index (χ2v) is 9.02. The molecule has 172 valence electrons. The van der Waals surface area contributed by atoms with Crippen molar-refractivity contribution in [1.82, 2.24) is 19.7 Å². The lowest BCUT2D eigenvalue weighted by Crippen LogP contribution is -2.49. The smallest absolute Gasteiger partial charge is 0.254 e. The molecule has 0 N–H and O–H groups in total. The van der Waals surface area contributed by atoms with Crippen LogP contribution in [0.5, 0.6) is 0 Å². The van der Waals surface area contributed by atoms with E-state index in [1.807, 2.05) is 35.2 Å². The van der Waals surface area contributed by atoms with Crippen molar-refractivity contribution in [2.45, 2.75) is 37.8 Å². The van der Waals surface area contributed by atoms with Gasteiger partial charge in [0.1, 0.15) is 0 Å². The fourth-order valence-electron chi connectivity index (χ4n) is 5.55. The summed E-state index contributed by atoms with van der Waals surface area (Å²) in [5, 5.41) is 5.64. The largest absolute Gasteiger partial charge is 0.327 e. The summed E-state index contributed by atoms with van der Waals surface area (Å²) in [4.78, 5) is 20.0. The highest BCUT2D eigenvalue weighted by molar-refractivity contribution is 5.98. The number of carbonyl (C=O) groups is 1. The van der Waals surface area contributed by atoms with E-state index >= 15 is 0 Å². The summed E-state index contributed by atoms with van der Waals surface area (Å²) in [7, 11) is 1.71. The summed E-state index contributed by atoms with van der Waals surface area (Å²) >= 11 is 0. The van der Waals surface area contributed by atoms with E-state index in [0.29, 0.717) is 17.7 Å². The Morgan fingerprint density at radius 3 is 2.65 bits per heavy atom. The van der Waals surface area contributed by atoms with E-state index in [9.17, 15) is 18.0 Å². The van der Waals surface area contributed by atoms with Crippen LogP contribution < -0.4 is 0 Å². The molecule has 34 heavy (non-hydrogen) atoms. The highest BCUT2D eigenvalue weighted by Gasteiger charge is 2.43. The molecule has 2 atom stereocenters. The molecule has 5 nitrogen and oxygen atoms in total. The summed E-state index contributed by atoms with van der Waals surface area (Å²) in [5.41, 5.74) is 3.75. The molecular weight excluding hydrogens is 441 g/mol. The van der Waals surface area contributed by atoms with Gasteiger partial charge in [-0.2, -0.15) is 5.10 Å². The molecule has 0 radical (unpaired) electrons. The van der Waals surface area contributed by atoms with Crippen molar-refractivity contribution in [1.29, 1.82) is 0 Å². The van der Waals surface area contributed by atoms with Gasteiger partial charge in [-0.3, -0.25) is 14.5 Å². The average Bonchev–Trinajstić information content (AvgIpc) is 3.16. The molecule has 4 aromatic rings. The first-order valence-electron chi connectivity index (χ1n) is 11.3. The third-order valence-corrected chi connectivity index (χ3v) is 7.02. The zero-order valence-electron chi connectivity index (χ0n) is 18.4. The standard InChI is InChI=1S/C26H21F3N4O/c1-32-25(16-10-19(27)23(29)20(28)11-16)18-13-17-5-2-6-22(24(18)31-32)33(17)26(34)15-8-7-14-4-3-9-30-21(14)12-15/h3-4,7-12,17,22H,2,5-6,13H2,1H3. The molecule has 2 aliphatic rings. The number of pyridine rings is 1. The molecule has 8 heteroatoms. The van der Waals surface area contributed by atoms with Crippen LogP contribution >= 0.6 is 0 Å². The number of benzene rings is 2. The Morgan fingerprint density at radius 1 is 1.06 bits per heavy atom. The number of piperidine rings is 1. The van der Waals surface area contributed by atoms with E-state index in [0.717, 1.165) is 53.6 Å². The maximum atomic E-state index is 14.0. The molecular formula is C26H21F3N4O. The Kier molecular flexibility index (Phi) is 4.72. The van der Waals surface area contributed by atoms with Gasteiger partial charge < -0.3 is 4.90 Å². The number of rotatable bonds is 2. The minimum absolute atomic E-state index is 0.0590. The zero-order valence-corrected chi connectivity index (χ0v) is 18.4. The molecule has 4 heterocycles. The Balaban J connectivity index is 1.42. The van der Waals surface area contributed by atoms with Crippen LogP contribution in [-0.4, -0.2) is 31.6 Å². The van der Waals surface area contributed by atoms with Gasteiger partial charge in [-0.05, 0) is 56.0 Å². The Morgan fingerprint density at radius 2 is 1.85 bits per heavy atom. The van der Waals surface area contributed by atoms with Crippen LogP contribution in [-0.2, 0) is 13.5 Å². The van der Waals surface area contributed by atoms with E-state index in [1.165, 1.54) is 0 Å². The number of hydrogen-bond donors (Lipinski definition) is 0. The van der Waals surface area contributed by atoms with Crippen molar-refractivity contribution >= 4 is 16.8 Å². The number of fused-ring (bicyclic) bond motifs is 5. The van der Waals surface area contributed by atoms with Crippen molar-refractivity contribution in [2.24, 2.45) is 7.05 Å². The number of nitrogens with zero attached hydrogens (tertiary/aromatic N) is 4. The normalized spacial score (nSPS) is 19.4. The van der Waals surface area contributed by atoms with Gasteiger partial charge in [0, 0.05) is 41.4 Å². The first kappa shape index (κ1) is 20.9. The molecule has 2 unspecified atom stereocenters. The predicted molar refractivity (Wildman–Crippen MR) is 121 cm³/mol. The molecule has 2 aromatic carbocycles. The van der Waals surface area contributed by atoms with Gasteiger partial charge in [0.2, 0.25) is 0 Å². The summed E-state index contributed by atoms with van der Waals surface area (Å²) in [6, 6.07) is 11.1. The van der Waals surface area contributed by atoms with Crippen LogP contribution in [0.25, 0.3) is 22.2 Å². The van der Waals surface area contributed by atoms with E-state index in [-0.39, 0.29) is 23.6 Å². The summed E-state index contributed by atoms with van der Waals surface area (Å²) in [6.07, 6.45) is 4.77. The average molecular weight is 462 g/mol. The van der Waals surface area contributed by atoms with Crippen molar-refractivity contribution in [2.75, 3.05) is 0 Å². The summed E-state index contributed by atoms with van der Waals surface area (Å²) in [5.74, 6) is -4.03. The number of hydrogen-bond acceptors (Lipinski definition) is 3. The van der Waals surface area contributed by atoms with Gasteiger partial charge >= 0.3 is 0 Å². The Bertz CT molecular complexity index is 1440. The first-order valence-corrected chi connectivity index (χ1v) is 11.3. The van der Waals surface area contributed by atoms with Gasteiger partial charge in [-0.15, -0.1) is 0 Å². The third kappa shape index (κ3) is 3.12. The van der Waals surface area contributed by atoms with E-state index in [2.05, 4.69) is 10.1 Å². The van der Waals surface area contributed by atoms with Gasteiger partial charge in [-0.25, -0.2) is 13.2 Å². The predicted octanol–water partition coefficient (Wildman–Crippen LogP) is 5.34. The van der Waals surface area contributed by atoms with Gasteiger partial charge in [0.25, 0.3) is 5.91 Å². The monoisotopic (exact) mass is 462 g/mol. The summed E-state index contributed by atoms with van der Waals surface area (Å²) in [6.45, 7) is 0. The number of aryl methyl sites for hydroxylation is 1. The molecule has 2 aromatic heterocycles. The number of halogens is 3. The second-order valence-electron chi connectivity index (χ2n) is 9.02. The lowest BCUT2D eigenvalue weighted by atomic mass is 9.81. The zero-order chi connectivity index (χ0) is 23.6. The topological polar surface area (TPSA) is 51.0 Å². The van der Waals surface area contributed by atoms with Crippen molar-refractivity contribution < 1.29 is 18.0 Å². The Hall–Kier alpha value is -3.68. The van der Waals surface area contributed by atoms with Crippen LogP contribution in [0.4, 0.5) is 13.2 Å². The molecule has 1 saturated heterocycles. The van der Waals surface area contributed by atoms with E-state index in [1.54, 1.807) is 17.9 Å². The van der Waals surface area contributed by atoms with Gasteiger partial charge in [-0.1, -0.05) is 12.1 Å². The van der Waals surface area contributed by atoms with Crippen molar-refractivity contribution in [3.63, 3.8) is 0 Å². The van der Waals surface area contributed by atoms with Gasteiger partial charge in [0.15, 0.2) is 17.5 Å². The fraction of sp³-hybridized carbons (Fsp3) is 0.269. The molecule has 0 saturated carbocycles. The minimum Gasteiger partial charge on any atom is -0.327 e. The second kappa shape index (κ2) is 7.68. The molecule has 1 amide bonds. The highest BCUT2D eigenvalue weighted by atomic mass is 19.2. The van der Waals surface area contributed by atoms with E-state index in [4.69, 9.17) is 0 Å². The Labute approximate surface area is 193 Å². The molecule has 2 aliphatic heterocycles. The molecule has 6 rings (SSSR count). The van der Waals surface area contributed by atoms with Crippen LogP contribution in [0.2, 0.25) is 0 Å².